The molecular weight excluding hydrogens is 478 g/mol. The van der Waals surface area contributed by atoms with Crippen LogP contribution < -0.4 is 10.9 Å². The van der Waals surface area contributed by atoms with E-state index < -0.39 is 0 Å². The van der Waals surface area contributed by atoms with Crippen LogP contribution in [0.3, 0.4) is 0 Å². The molecule has 0 bridgehead atoms. The molecule has 35 heavy (non-hydrogen) atoms. The third-order valence-electron chi connectivity index (χ3n) is 5.99. The van der Waals surface area contributed by atoms with Gasteiger partial charge in [0.15, 0.2) is 10.3 Å². The second kappa shape index (κ2) is 11.3. The summed E-state index contributed by atoms with van der Waals surface area (Å²) in [7, 11) is 0. The molecule has 0 unspecified atom stereocenters. The standard InChI is InChI=1S/C26H29N5O2S2/c1-19-7-9-20(10-8-19)27-25-28-21(17-34-25)18-35-26-29-23-6-3-2-5-22(23)24(32)31(26)12-4-11-30-13-15-33-16-14-30/h2-3,5-10,17H,4,11-16,18H2,1H3,(H,27,28). The maximum absolute atomic E-state index is 13.3. The van der Waals surface area contributed by atoms with E-state index >= 15 is 0 Å². The Labute approximate surface area is 213 Å². The van der Waals surface area contributed by atoms with Crippen molar-refractivity contribution >= 4 is 44.8 Å². The first-order valence-corrected chi connectivity index (χ1v) is 13.7. The summed E-state index contributed by atoms with van der Waals surface area (Å²) in [6.45, 7) is 7.15. The Balaban J connectivity index is 1.29. The average molecular weight is 508 g/mol. The van der Waals surface area contributed by atoms with Crippen LogP contribution in [0.25, 0.3) is 10.9 Å². The van der Waals surface area contributed by atoms with E-state index in [-0.39, 0.29) is 5.56 Å². The predicted molar refractivity (Wildman–Crippen MR) is 144 cm³/mol. The van der Waals surface area contributed by atoms with Gasteiger partial charge in [-0.05, 0) is 37.6 Å². The van der Waals surface area contributed by atoms with Gasteiger partial charge in [0.25, 0.3) is 5.56 Å². The third kappa shape index (κ3) is 6.10. The number of morpholine rings is 1. The van der Waals surface area contributed by atoms with Crippen molar-refractivity contribution in [3.63, 3.8) is 0 Å². The van der Waals surface area contributed by atoms with E-state index in [0.29, 0.717) is 17.7 Å². The molecule has 0 spiro atoms. The number of hydrogen-bond acceptors (Lipinski definition) is 8. The molecule has 0 aliphatic carbocycles. The summed E-state index contributed by atoms with van der Waals surface area (Å²) in [6, 6.07) is 15.9. The first kappa shape index (κ1) is 24.0. The summed E-state index contributed by atoms with van der Waals surface area (Å²) >= 11 is 3.15. The molecule has 9 heteroatoms. The van der Waals surface area contributed by atoms with Crippen molar-refractivity contribution in [2.24, 2.45) is 0 Å². The Kier molecular flexibility index (Phi) is 7.78. The van der Waals surface area contributed by atoms with Crippen molar-refractivity contribution in [2.45, 2.75) is 30.8 Å². The van der Waals surface area contributed by atoms with Crippen molar-refractivity contribution in [3.05, 3.63) is 75.5 Å². The van der Waals surface area contributed by atoms with Crippen molar-refractivity contribution in [1.82, 2.24) is 19.4 Å². The van der Waals surface area contributed by atoms with E-state index in [1.807, 2.05) is 28.8 Å². The van der Waals surface area contributed by atoms with Crippen molar-refractivity contribution in [1.29, 1.82) is 0 Å². The lowest BCUT2D eigenvalue weighted by molar-refractivity contribution is 0.0368. The molecule has 2 aromatic heterocycles. The van der Waals surface area contributed by atoms with Gasteiger partial charge in [0.05, 0.1) is 29.8 Å². The molecule has 0 radical (unpaired) electrons. The minimum atomic E-state index is 0.0279. The van der Waals surface area contributed by atoms with Gasteiger partial charge < -0.3 is 10.1 Å². The Bertz CT molecular complexity index is 1330. The van der Waals surface area contributed by atoms with Crippen LogP contribution in [0.15, 0.2) is 63.9 Å². The number of hydrogen-bond donors (Lipinski definition) is 1. The Morgan fingerprint density at radius 1 is 1.06 bits per heavy atom. The Morgan fingerprint density at radius 3 is 2.69 bits per heavy atom. The van der Waals surface area contributed by atoms with Gasteiger partial charge in [-0.2, -0.15) is 0 Å². The monoisotopic (exact) mass is 507 g/mol. The number of benzene rings is 2. The number of rotatable bonds is 9. The molecular formula is C26H29N5O2S2. The van der Waals surface area contributed by atoms with E-state index in [9.17, 15) is 4.79 Å². The summed E-state index contributed by atoms with van der Waals surface area (Å²) in [5.41, 5.74) is 3.99. The molecule has 0 atom stereocenters. The van der Waals surface area contributed by atoms with Crippen LogP contribution in [-0.2, 0) is 17.0 Å². The Hall–Kier alpha value is -2.72. The molecule has 1 N–H and O–H groups in total. The summed E-state index contributed by atoms with van der Waals surface area (Å²) in [4.78, 5) is 25.3. The number of para-hydroxylation sites is 1. The normalized spacial score (nSPS) is 14.4. The topological polar surface area (TPSA) is 72.3 Å². The molecule has 182 valence electrons. The molecule has 3 heterocycles. The van der Waals surface area contributed by atoms with Crippen molar-refractivity contribution < 1.29 is 4.74 Å². The summed E-state index contributed by atoms with van der Waals surface area (Å²) in [5.74, 6) is 0.653. The highest BCUT2D eigenvalue weighted by Crippen LogP contribution is 2.26. The second-order valence-corrected chi connectivity index (χ2v) is 10.4. The van der Waals surface area contributed by atoms with Gasteiger partial charge in [-0.25, -0.2) is 9.97 Å². The molecule has 1 aliphatic rings. The third-order valence-corrected chi connectivity index (χ3v) is 7.81. The number of nitrogens with one attached hydrogen (secondary N) is 1. The lowest BCUT2D eigenvalue weighted by Gasteiger charge is -2.26. The number of aromatic nitrogens is 3. The fourth-order valence-corrected chi connectivity index (χ4v) is 5.82. The van der Waals surface area contributed by atoms with Crippen LogP contribution in [0, 0.1) is 6.92 Å². The fraction of sp³-hybridized carbons (Fsp3) is 0.346. The van der Waals surface area contributed by atoms with E-state index in [0.717, 1.165) is 66.5 Å². The van der Waals surface area contributed by atoms with Gasteiger partial charge in [-0.1, -0.05) is 41.6 Å². The van der Waals surface area contributed by atoms with Crippen LogP contribution in [0.5, 0.6) is 0 Å². The molecule has 2 aromatic carbocycles. The van der Waals surface area contributed by atoms with Gasteiger partial charge in [-0.15, -0.1) is 11.3 Å². The highest BCUT2D eigenvalue weighted by molar-refractivity contribution is 7.98. The first-order valence-electron chi connectivity index (χ1n) is 11.9. The highest BCUT2D eigenvalue weighted by atomic mass is 32.2. The number of ether oxygens (including phenoxy) is 1. The number of nitrogens with zero attached hydrogens (tertiary/aromatic N) is 4. The molecule has 1 aliphatic heterocycles. The van der Waals surface area contributed by atoms with Crippen molar-refractivity contribution in [3.8, 4) is 0 Å². The van der Waals surface area contributed by atoms with Gasteiger partial charge >= 0.3 is 0 Å². The minimum Gasteiger partial charge on any atom is -0.379 e. The number of thiazole rings is 1. The number of fused-ring (bicyclic) bond motifs is 1. The van der Waals surface area contributed by atoms with E-state index in [2.05, 4.69) is 46.8 Å². The van der Waals surface area contributed by atoms with Crippen LogP contribution in [0.1, 0.15) is 17.7 Å². The molecule has 1 saturated heterocycles. The lowest BCUT2D eigenvalue weighted by atomic mass is 10.2. The average Bonchev–Trinajstić information content (AvgIpc) is 3.33. The summed E-state index contributed by atoms with van der Waals surface area (Å²) < 4.78 is 7.28. The zero-order valence-electron chi connectivity index (χ0n) is 19.8. The second-order valence-electron chi connectivity index (χ2n) is 8.60. The van der Waals surface area contributed by atoms with Crippen LogP contribution in [0.2, 0.25) is 0 Å². The van der Waals surface area contributed by atoms with Crippen LogP contribution in [-0.4, -0.2) is 52.3 Å². The molecule has 0 saturated carbocycles. The number of aryl methyl sites for hydroxylation is 1. The minimum absolute atomic E-state index is 0.0279. The Morgan fingerprint density at radius 2 is 1.86 bits per heavy atom. The lowest BCUT2D eigenvalue weighted by Crippen LogP contribution is -2.37. The summed E-state index contributed by atoms with van der Waals surface area (Å²) in [6.07, 6.45) is 0.898. The van der Waals surface area contributed by atoms with E-state index in [4.69, 9.17) is 14.7 Å². The van der Waals surface area contributed by atoms with E-state index in [1.54, 1.807) is 23.1 Å². The smallest absolute Gasteiger partial charge is 0.262 e. The maximum Gasteiger partial charge on any atom is 0.262 e. The van der Waals surface area contributed by atoms with Crippen LogP contribution >= 0.6 is 23.1 Å². The number of anilines is 2. The zero-order valence-corrected chi connectivity index (χ0v) is 21.4. The zero-order chi connectivity index (χ0) is 24.0. The predicted octanol–water partition coefficient (Wildman–Crippen LogP) is 4.92. The fourth-order valence-electron chi connectivity index (χ4n) is 4.06. The SMILES string of the molecule is Cc1ccc(Nc2nc(CSc3nc4ccccc4c(=O)n3CCCN3CCOCC3)cs2)cc1. The maximum atomic E-state index is 13.3. The van der Waals surface area contributed by atoms with E-state index in [1.165, 1.54) is 5.56 Å². The molecule has 5 rings (SSSR count). The van der Waals surface area contributed by atoms with Gasteiger partial charge in [-0.3, -0.25) is 14.3 Å². The largest absolute Gasteiger partial charge is 0.379 e. The summed E-state index contributed by atoms with van der Waals surface area (Å²) in [5, 5.41) is 7.70. The van der Waals surface area contributed by atoms with Gasteiger partial charge in [0, 0.05) is 43.0 Å². The highest BCUT2D eigenvalue weighted by Gasteiger charge is 2.14. The quantitative estimate of drug-likeness (QED) is 0.255. The number of thioether (sulfide) groups is 1. The molecule has 7 nitrogen and oxygen atoms in total. The first-order chi connectivity index (χ1) is 17.2. The van der Waals surface area contributed by atoms with Crippen LogP contribution in [0.4, 0.5) is 10.8 Å². The van der Waals surface area contributed by atoms with Gasteiger partial charge in [0.1, 0.15) is 0 Å². The molecule has 4 aromatic rings. The van der Waals surface area contributed by atoms with Crippen molar-refractivity contribution in [2.75, 3.05) is 38.2 Å². The van der Waals surface area contributed by atoms with Gasteiger partial charge in [0.2, 0.25) is 0 Å². The molecule has 1 fully saturated rings. The molecule has 0 amide bonds.